The molecule has 0 saturated carbocycles. The van der Waals surface area contributed by atoms with Crippen molar-refractivity contribution in [2.75, 3.05) is 0 Å². The number of imidazole rings is 1. The number of hydrogen-bond acceptors (Lipinski definition) is 2. The fourth-order valence-electron chi connectivity index (χ4n) is 3.89. The van der Waals surface area contributed by atoms with Crippen LogP contribution in [0.1, 0.15) is 5.69 Å². The van der Waals surface area contributed by atoms with Crippen molar-refractivity contribution in [3.63, 3.8) is 0 Å². The fraction of sp³-hybridized carbons (Fsp3) is 0.0500. The highest BCUT2D eigenvalue weighted by atomic mass is 15.3. The van der Waals surface area contributed by atoms with E-state index >= 15 is 0 Å². The van der Waals surface area contributed by atoms with Crippen LogP contribution in [0.25, 0.3) is 33.8 Å². The molecule has 6 rings (SSSR count). The van der Waals surface area contributed by atoms with Gasteiger partial charge in [-0.1, -0.05) is 18.2 Å². The minimum Gasteiger partial charge on any atom is -0.256 e. The summed E-state index contributed by atoms with van der Waals surface area (Å²) in [6, 6.07) is 20.9. The number of pyridine rings is 1. The first-order chi connectivity index (χ1) is 12.4. The Balaban J connectivity index is 1.84. The van der Waals surface area contributed by atoms with Crippen molar-refractivity contribution in [2.45, 2.75) is 6.54 Å². The molecule has 5 aromatic rings. The van der Waals surface area contributed by atoms with E-state index in [0.29, 0.717) is 0 Å². The predicted octanol–water partition coefficient (Wildman–Crippen LogP) is 2.99. The molecule has 25 heavy (non-hydrogen) atoms. The van der Waals surface area contributed by atoms with Crippen molar-refractivity contribution in [3.8, 4) is 17.1 Å². The molecule has 0 saturated heterocycles. The van der Waals surface area contributed by atoms with Crippen molar-refractivity contribution >= 4 is 16.7 Å². The number of para-hydroxylation sites is 1. The molecular weight excluding hydrogens is 310 g/mol. The molecule has 1 aromatic carbocycles. The van der Waals surface area contributed by atoms with Crippen LogP contribution in [-0.4, -0.2) is 19.2 Å². The van der Waals surface area contributed by atoms with E-state index < -0.39 is 0 Å². The van der Waals surface area contributed by atoms with Gasteiger partial charge in [-0.25, -0.2) is 4.57 Å². The van der Waals surface area contributed by atoms with E-state index in [-0.39, 0.29) is 0 Å². The lowest BCUT2D eigenvalue weighted by molar-refractivity contribution is -0.646. The van der Waals surface area contributed by atoms with Crippen LogP contribution in [-0.2, 0) is 6.54 Å². The normalized spacial score (nSPS) is 12.6. The van der Waals surface area contributed by atoms with Gasteiger partial charge in [-0.2, -0.15) is 14.2 Å². The number of nitrogens with zero attached hydrogens (tertiary/aromatic N) is 5. The summed E-state index contributed by atoms with van der Waals surface area (Å²) in [4.78, 5) is 4.59. The van der Waals surface area contributed by atoms with Crippen molar-refractivity contribution in [1.29, 1.82) is 0 Å². The Morgan fingerprint density at radius 3 is 2.72 bits per heavy atom. The van der Waals surface area contributed by atoms with Gasteiger partial charge in [-0.05, 0) is 36.4 Å². The smallest absolute Gasteiger partial charge is 0.256 e. The highest BCUT2D eigenvalue weighted by Gasteiger charge is 2.37. The third-order valence-electron chi connectivity index (χ3n) is 4.92. The van der Waals surface area contributed by atoms with E-state index in [0.717, 1.165) is 29.1 Å². The summed E-state index contributed by atoms with van der Waals surface area (Å²) in [5, 5.41) is 4.59. The van der Waals surface area contributed by atoms with Gasteiger partial charge in [0.15, 0.2) is 5.52 Å². The van der Waals surface area contributed by atoms with Crippen LogP contribution in [0.2, 0.25) is 0 Å². The minimum atomic E-state index is 0.790. The zero-order valence-electron chi connectivity index (χ0n) is 13.4. The van der Waals surface area contributed by atoms with Crippen molar-refractivity contribution < 1.29 is 4.57 Å². The SMILES string of the molecule is c1ccc(-n2c3[n+](c4cc5cccnn5c42)Cc2ncccc2-3)cc1. The van der Waals surface area contributed by atoms with Gasteiger partial charge in [-0.3, -0.25) is 4.98 Å². The molecule has 4 aromatic heterocycles. The summed E-state index contributed by atoms with van der Waals surface area (Å²) in [6.07, 6.45) is 3.70. The Morgan fingerprint density at radius 1 is 0.920 bits per heavy atom. The Labute approximate surface area is 143 Å². The Bertz CT molecular complexity index is 1260. The van der Waals surface area contributed by atoms with Crippen LogP contribution in [0.15, 0.2) is 73.1 Å². The molecule has 0 bridgehead atoms. The summed E-state index contributed by atoms with van der Waals surface area (Å²) < 4.78 is 6.65. The number of hydrogen-bond donors (Lipinski definition) is 0. The first-order valence-electron chi connectivity index (χ1n) is 8.32. The van der Waals surface area contributed by atoms with Gasteiger partial charge in [0.1, 0.15) is 12.2 Å². The molecule has 5 heteroatoms. The summed E-state index contributed by atoms with van der Waals surface area (Å²) in [6.45, 7) is 0.790. The second-order valence-electron chi connectivity index (χ2n) is 6.29. The van der Waals surface area contributed by atoms with E-state index in [1.165, 1.54) is 16.9 Å². The molecule has 0 radical (unpaired) electrons. The van der Waals surface area contributed by atoms with E-state index in [9.17, 15) is 0 Å². The Morgan fingerprint density at radius 2 is 1.80 bits per heavy atom. The van der Waals surface area contributed by atoms with Gasteiger partial charge < -0.3 is 0 Å². The van der Waals surface area contributed by atoms with Crippen LogP contribution in [0.3, 0.4) is 0 Å². The molecular formula is C20H14N5+. The maximum Gasteiger partial charge on any atom is 0.298 e. The molecule has 5 heterocycles. The van der Waals surface area contributed by atoms with Gasteiger partial charge in [0.05, 0.1) is 16.8 Å². The number of fused-ring (bicyclic) bond motifs is 7. The molecule has 0 N–H and O–H groups in total. The van der Waals surface area contributed by atoms with E-state index in [2.05, 4.69) is 61.7 Å². The molecule has 0 atom stereocenters. The van der Waals surface area contributed by atoms with E-state index in [1.54, 1.807) is 0 Å². The standard InChI is InChI=1S/C20H14N5/c1-2-6-14(7-3-1)24-19-16-9-5-10-21-17(16)13-23(19)18-12-15-8-4-11-22-25(15)20(18)24/h1-12H,13H2/q+1. The highest BCUT2D eigenvalue weighted by Crippen LogP contribution is 2.33. The zero-order chi connectivity index (χ0) is 16.4. The molecule has 1 aliphatic heterocycles. The van der Waals surface area contributed by atoms with Crippen LogP contribution >= 0.6 is 0 Å². The van der Waals surface area contributed by atoms with E-state index in [4.69, 9.17) is 0 Å². The molecule has 118 valence electrons. The molecule has 0 aliphatic carbocycles. The Kier molecular flexibility index (Phi) is 2.34. The highest BCUT2D eigenvalue weighted by molar-refractivity contribution is 5.83. The predicted molar refractivity (Wildman–Crippen MR) is 94.6 cm³/mol. The molecule has 5 nitrogen and oxygen atoms in total. The second kappa shape index (κ2) is 4.54. The zero-order valence-corrected chi connectivity index (χ0v) is 13.4. The van der Waals surface area contributed by atoms with Crippen LogP contribution < -0.4 is 4.57 Å². The van der Waals surface area contributed by atoms with Crippen LogP contribution in [0, 0.1) is 0 Å². The van der Waals surface area contributed by atoms with Crippen molar-refractivity contribution in [3.05, 3.63) is 78.8 Å². The summed E-state index contributed by atoms with van der Waals surface area (Å²) in [5.41, 5.74) is 6.79. The number of rotatable bonds is 1. The molecule has 0 unspecified atom stereocenters. The van der Waals surface area contributed by atoms with E-state index in [1.807, 2.05) is 35.1 Å². The van der Waals surface area contributed by atoms with Gasteiger partial charge in [0.25, 0.3) is 11.5 Å². The number of aromatic nitrogens is 5. The lowest BCUT2D eigenvalue weighted by Gasteiger charge is -2.02. The first kappa shape index (κ1) is 12.9. The third-order valence-corrected chi connectivity index (χ3v) is 4.92. The quantitative estimate of drug-likeness (QED) is 0.436. The summed E-state index contributed by atoms with van der Waals surface area (Å²) >= 11 is 0. The fourth-order valence-corrected chi connectivity index (χ4v) is 3.89. The molecule has 0 amide bonds. The maximum atomic E-state index is 4.59. The van der Waals surface area contributed by atoms with Crippen LogP contribution in [0.4, 0.5) is 0 Å². The summed E-state index contributed by atoms with van der Waals surface area (Å²) in [7, 11) is 0. The lowest BCUT2D eigenvalue weighted by Crippen LogP contribution is -2.31. The average molecular weight is 324 g/mol. The van der Waals surface area contributed by atoms with Gasteiger partial charge in [0, 0.05) is 18.5 Å². The third kappa shape index (κ3) is 1.59. The van der Waals surface area contributed by atoms with Gasteiger partial charge >= 0.3 is 0 Å². The Hall–Kier alpha value is -3.47. The monoisotopic (exact) mass is 324 g/mol. The maximum absolute atomic E-state index is 4.59. The van der Waals surface area contributed by atoms with Crippen molar-refractivity contribution in [2.24, 2.45) is 0 Å². The average Bonchev–Trinajstić information content (AvgIpc) is 3.30. The molecule has 0 spiro atoms. The second-order valence-corrected chi connectivity index (χ2v) is 6.29. The van der Waals surface area contributed by atoms with Crippen LogP contribution in [0.5, 0.6) is 0 Å². The molecule has 0 fully saturated rings. The topological polar surface area (TPSA) is 39.0 Å². The first-order valence-corrected chi connectivity index (χ1v) is 8.32. The largest absolute Gasteiger partial charge is 0.298 e. The lowest BCUT2D eigenvalue weighted by atomic mass is 10.2. The van der Waals surface area contributed by atoms with Gasteiger partial charge in [0.2, 0.25) is 0 Å². The minimum absolute atomic E-state index is 0.790. The number of benzene rings is 1. The van der Waals surface area contributed by atoms with Crippen molar-refractivity contribution in [1.82, 2.24) is 19.2 Å². The van der Waals surface area contributed by atoms with Gasteiger partial charge in [-0.15, -0.1) is 0 Å². The summed E-state index contributed by atoms with van der Waals surface area (Å²) in [5.74, 6) is 1.17. The molecule has 1 aliphatic rings.